The summed E-state index contributed by atoms with van der Waals surface area (Å²) in [4.78, 5) is 21.3. The summed E-state index contributed by atoms with van der Waals surface area (Å²) in [6, 6.07) is 0.459. The van der Waals surface area contributed by atoms with Crippen molar-refractivity contribution in [2.45, 2.75) is 31.7 Å². The van der Waals surface area contributed by atoms with Crippen LogP contribution in [0, 0.1) is 5.92 Å². The first-order chi connectivity index (χ1) is 9.65. The van der Waals surface area contributed by atoms with Gasteiger partial charge in [-0.25, -0.2) is 4.98 Å². The van der Waals surface area contributed by atoms with E-state index in [4.69, 9.17) is 0 Å². The Balaban J connectivity index is 1.69. The van der Waals surface area contributed by atoms with E-state index >= 15 is 0 Å². The number of fused-ring (bicyclic) bond motifs is 1. The molecule has 3 heterocycles. The summed E-state index contributed by atoms with van der Waals surface area (Å²) in [6.07, 6.45) is 7.58. The van der Waals surface area contributed by atoms with Crippen molar-refractivity contribution in [1.82, 2.24) is 19.4 Å². The zero-order valence-electron chi connectivity index (χ0n) is 12.5. The standard InChI is InChI=1S/C15H24N4O/c1-17-7-5-14-12(10-17)4-3-6-19(14)15(20)8-13-9-16-11-18(13)2/h9,11-12,14H,3-8,10H2,1-2H3. The first kappa shape index (κ1) is 13.6. The number of aryl methyl sites for hydroxylation is 1. The van der Waals surface area contributed by atoms with Gasteiger partial charge in [0.1, 0.15) is 0 Å². The largest absolute Gasteiger partial charge is 0.339 e. The maximum Gasteiger partial charge on any atom is 0.228 e. The molecule has 5 heteroatoms. The maximum absolute atomic E-state index is 12.6. The van der Waals surface area contributed by atoms with Crippen molar-refractivity contribution in [3.8, 4) is 0 Å². The smallest absolute Gasteiger partial charge is 0.228 e. The van der Waals surface area contributed by atoms with Crippen LogP contribution in [0.4, 0.5) is 0 Å². The molecule has 2 unspecified atom stereocenters. The van der Waals surface area contributed by atoms with Crippen LogP contribution in [0.2, 0.25) is 0 Å². The number of imidazole rings is 1. The van der Waals surface area contributed by atoms with Crippen molar-refractivity contribution in [2.24, 2.45) is 13.0 Å². The Kier molecular flexibility index (Phi) is 3.78. The molecule has 1 aromatic heterocycles. The third-order valence-electron chi connectivity index (χ3n) is 4.84. The van der Waals surface area contributed by atoms with Crippen LogP contribution >= 0.6 is 0 Å². The maximum atomic E-state index is 12.6. The second-order valence-corrected chi connectivity index (χ2v) is 6.28. The van der Waals surface area contributed by atoms with E-state index in [2.05, 4.69) is 21.8 Å². The number of nitrogens with zero attached hydrogens (tertiary/aromatic N) is 4. The van der Waals surface area contributed by atoms with Crippen LogP contribution < -0.4 is 0 Å². The number of likely N-dealkylation sites (tertiary alicyclic amines) is 2. The molecule has 1 aromatic rings. The zero-order chi connectivity index (χ0) is 14.1. The summed E-state index contributed by atoms with van der Waals surface area (Å²) in [5.41, 5.74) is 1.00. The number of aromatic nitrogens is 2. The second-order valence-electron chi connectivity index (χ2n) is 6.28. The summed E-state index contributed by atoms with van der Waals surface area (Å²) < 4.78 is 1.94. The molecule has 0 bridgehead atoms. The molecule has 2 aliphatic heterocycles. The van der Waals surface area contributed by atoms with Crippen molar-refractivity contribution in [2.75, 3.05) is 26.7 Å². The Bertz CT molecular complexity index is 484. The Hall–Kier alpha value is -1.36. The molecule has 5 nitrogen and oxygen atoms in total. The van der Waals surface area contributed by atoms with E-state index in [9.17, 15) is 4.79 Å². The van der Waals surface area contributed by atoms with Crippen LogP contribution in [-0.2, 0) is 18.3 Å². The highest BCUT2D eigenvalue weighted by molar-refractivity contribution is 5.78. The third-order valence-corrected chi connectivity index (χ3v) is 4.84. The van der Waals surface area contributed by atoms with Crippen molar-refractivity contribution in [3.63, 3.8) is 0 Å². The number of piperidine rings is 2. The molecular weight excluding hydrogens is 252 g/mol. The Morgan fingerprint density at radius 2 is 2.20 bits per heavy atom. The molecule has 2 aliphatic rings. The zero-order valence-corrected chi connectivity index (χ0v) is 12.5. The highest BCUT2D eigenvalue weighted by Crippen LogP contribution is 2.30. The Morgan fingerprint density at radius 1 is 1.35 bits per heavy atom. The molecule has 0 saturated carbocycles. The highest BCUT2D eigenvalue weighted by Gasteiger charge is 2.37. The van der Waals surface area contributed by atoms with Crippen molar-refractivity contribution >= 4 is 5.91 Å². The van der Waals surface area contributed by atoms with Crippen molar-refractivity contribution < 1.29 is 4.79 Å². The highest BCUT2D eigenvalue weighted by atomic mass is 16.2. The average molecular weight is 276 g/mol. The monoisotopic (exact) mass is 276 g/mol. The Labute approximate surface area is 120 Å². The van der Waals surface area contributed by atoms with E-state index in [0.717, 1.165) is 38.2 Å². The van der Waals surface area contributed by atoms with E-state index in [-0.39, 0.29) is 5.91 Å². The lowest BCUT2D eigenvalue weighted by molar-refractivity contribution is -0.137. The van der Waals surface area contributed by atoms with E-state index in [1.54, 1.807) is 12.5 Å². The molecule has 0 aliphatic carbocycles. The molecule has 3 rings (SSSR count). The lowest BCUT2D eigenvalue weighted by atomic mass is 9.84. The predicted molar refractivity (Wildman–Crippen MR) is 77.3 cm³/mol. The minimum atomic E-state index is 0.271. The first-order valence-corrected chi connectivity index (χ1v) is 7.58. The molecule has 0 N–H and O–H groups in total. The predicted octanol–water partition coefficient (Wildman–Crippen LogP) is 0.905. The molecule has 110 valence electrons. The van der Waals surface area contributed by atoms with Crippen LogP contribution in [0.1, 0.15) is 25.0 Å². The van der Waals surface area contributed by atoms with Gasteiger partial charge in [0.2, 0.25) is 5.91 Å². The van der Waals surface area contributed by atoms with E-state index in [1.165, 1.54) is 6.42 Å². The van der Waals surface area contributed by atoms with E-state index in [0.29, 0.717) is 18.4 Å². The SMILES string of the molecule is CN1CCC2C(CCCN2C(=O)Cc2cncn2C)C1. The first-order valence-electron chi connectivity index (χ1n) is 7.58. The third kappa shape index (κ3) is 2.59. The molecule has 20 heavy (non-hydrogen) atoms. The summed E-state index contributed by atoms with van der Waals surface area (Å²) in [7, 11) is 4.14. The number of carbonyl (C=O) groups excluding carboxylic acids is 1. The van der Waals surface area contributed by atoms with Gasteiger partial charge in [0.25, 0.3) is 0 Å². The fourth-order valence-corrected chi connectivity index (χ4v) is 3.71. The van der Waals surface area contributed by atoms with Gasteiger partial charge in [-0.15, -0.1) is 0 Å². The summed E-state index contributed by atoms with van der Waals surface area (Å²) in [5, 5.41) is 0. The minimum Gasteiger partial charge on any atom is -0.339 e. The molecule has 2 saturated heterocycles. The number of rotatable bonds is 2. The molecule has 1 amide bonds. The minimum absolute atomic E-state index is 0.271. The van der Waals surface area contributed by atoms with Gasteiger partial charge in [-0.05, 0) is 38.8 Å². The van der Waals surface area contributed by atoms with Gasteiger partial charge >= 0.3 is 0 Å². The summed E-state index contributed by atoms with van der Waals surface area (Å²) >= 11 is 0. The number of hydrogen-bond donors (Lipinski definition) is 0. The van der Waals surface area contributed by atoms with Crippen LogP contribution in [0.25, 0.3) is 0 Å². The van der Waals surface area contributed by atoms with Gasteiger partial charge in [-0.2, -0.15) is 0 Å². The van der Waals surface area contributed by atoms with E-state index < -0.39 is 0 Å². The van der Waals surface area contributed by atoms with Gasteiger partial charge in [-0.1, -0.05) is 0 Å². The normalized spacial score (nSPS) is 27.4. The van der Waals surface area contributed by atoms with Crippen LogP contribution in [0.5, 0.6) is 0 Å². The van der Waals surface area contributed by atoms with Crippen molar-refractivity contribution in [3.05, 3.63) is 18.2 Å². The topological polar surface area (TPSA) is 41.4 Å². The quantitative estimate of drug-likeness (QED) is 0.806. The number of hydrogen-bond acceptors (Lipinski definition) is 3. The van der Waals surface area contributed by atoms with Gasteiger partial charge < -0.3 is 14.4 Å². The molecule has 0 radical (unpaired) electrons. The van der Waals surface area contributed by atoms with Gasteiger partial charge in [0, 0.05) is 38.1 Å². The fourth-order valence-electron chi connectivity index (χ4n) is 3.71. The van der Waals surface area contributed by atoms with Crippen LogP contribution in [0.15, 0.2) is 12.5 Å². The summed E-state index contributed by atoms with van der Waals surface area (Å²) in [6.45, 7) is 3.18. The van der Waals surface area contributed by atoms with Crippen molar-refractivity contribution in [1.29, 1.82) is 0 Å². The average Bonchev–Trinajstić information content (AvgIpc) is 2.83. The number of amides is 1. The lowest BCUT2D eigenvalue weighted by Crippen LogP contribution is -2.55. The Morgan fingerprint density at radius 3 is 2.95 bits per heavy atom. The second kappa shape index (κ2) is 5.56. The van der Waals surface area contributed by atoms with Crippen LogP contribution in [-0.4, -0.2) is 58.0 Å². The lowest BCUT2D eigenvalue weighted by Gasteiger charge is -2.46. The fraction of sp³-hybridized carbons (Fsp3) is 0.733. The van der Waals surface area contributed by atoms with Gasteiger partial charge in [0.05, 0.1) is 12.7 Å². The molecule has 2 atom stereocenters. The van der Waals surface area contributed by atoms with Crippen LogP contribution in [0.3, 0.4) is 0 Å². The van der Waals surface area contributed by atoms with Gasteiger partial charge in [-0.3, -0.25) is 4.79 Å². The molecule has 2 fully saturated rings. The van der Waals surface area contributed by atoms with E-state index in [1.807, 2.05) is 11.6 Å². The van der Waals surface area contributed by atoms with Gasteiger partial charge in [0.15, 0.2) is 0 Å². The molecule has 0 spiro atoms. The molecular formula is C15H24N4O. The summed E-state index contributed by atoms with van der Waals surface area (Å²) in [5.74, 6) is 0.936. The number of carbonyl (C=O) groups is 1. The molecule has 0 aromatic carbocycles.